The van der Waals surface area contributed by atoms with Crippen molar-refractivity contribution in [3.8, 4) is 5.69 Å². The Bertz CT molecular complexity index is 1050. The van der Waals surface area contributed by atoms with Crippen LogP contribution in [0, 0.1) is 6.92 Å². The van der Waals surface area contributed by atoms with Gasteiger partial charge in [0, 0.05) is 29.3 Å². The molecule has 0 fully saturated rings. The highest BCUT2D eigenvalue weighted by Gasteiger charge is 2.08. The SMILES string of the molecule is Cc1ccc2c(c1)ncn2-c1cccc(NC(=O)c2ccncc2)c1. The number of hydrogen-bond donors (Lipinski definition) is 1. The first kappa shape index (κ1) is 15.1. The molecule has 0 atom stereocenters. The van der Waals surface area contributed by atoms with Gasteiger partial charge in [0.2, 0.25) is 0 Å². The Hall–Kier alpha value is -3.47. The molecule has 4 aromatic rings. The number of carbonyl (C=O) groups is 1. The van der Waals surface area contributed by atoms with E-state index in [1.54, 1.807) is 30.9 Å². The second kappa shape index (κ2) is 6.20. The van der Waals surface area contributed by atoms with E-state index in [4.69, 9.17) is 0 Å². The van der Waals surface area contributed by atoms with E-state index in [1.807, 2.05) is 35.8 Å². The lowest BCUT2D eigenvalue weighted by molar-refractivity contribution is 0.102. The highest BCUT2D eigenvalue weighted by atomic mass is 16.1. The topological polar surface area (TPSA) is 59.8 Å². The van der Waals surface area contributed by atoms with Gasteiger partial charge in [0.15, 0.2) is 0 Å². The molecule has 25 heavy (non-hydrogen) atoms. The van der Waals surface area contributed by atoms with Crippen molar-refractivity contribution in [3.63, 3.8) is 0 Å². The summed E-state index contributed by atoms with van der Waals surface area (Å²) < 4.78 is 2.01. The maximum atomic E-state index is 12.3. The number of anilines is 1. The quantitative estimate of drug-likeness (QED) is 0.619. The number of fused-ring (bicyclic) bond motifs is 1. The standard InChI is InChI=1S/C20H16N4O/c1-14-5-6-19-18(11-14)22-13-24(19)17-4-2-3-16(12-17)23-20(25)15-7-9-21-10-8-15/h2-13H,1H3,(H,23,25). The zero-order valence-electron chi connectivity index (χ0n) is 13.7. The summed E-state index contributed by atoms with van der Waals surface area (Å²) in [5, 5.41) is 2.92. The molecule has 0 spiro atoms. The number of pyridine rings is 1. The van der Waals surface area contributed by atoms with Gasteiger partial charge in [0.05, 0.1) is 11.0 Å². The molecular formula is C20H16N4O. The number of hydrogen-bond acceptors (Lipinski definition) is 3. The molecule has 2 aromatic carbocycles. The fourth-order valence-corrected chi connectivity index (χ4v) is 2.77. The highest BCUT2D eigenvalue weighted by Crippen LogP contribution is 2.21. The van der Waals surface area contributed by atoms with Crippen molar-refractivity contribution >= 4 is 22.6 Å². The Morgan fingerprint density at radius 1 is 1.04 bits per heavy atom. The lowest BCUT2D eigenvalue weighted by atomic mass is 10.2. The van der Waals surface area contributed by atoms with Gasteiger partial charge in [0.25, 0.3) is 5.91 Å². The fourth-order valence-electron chi connectivity index (χ4n) is 2.77. The van der Waals surface area contributed by atoms with E-state index in [1.165, 1.54) is 5.56 Å². The molecule has 0 saturated carbocycles. The smallest absolute Gasteiger partial charge is 0.255 e. The Kier molecular flexibility index (Phi) is 3.74. The summed E-state index contributed by atoms with van der Waals surface area (Å²) in [4.78, 5) is 20.7. The third kappa shape index (κ3) is 2.99. The van der Waals surface area contributed by atoms with Crippen molar-refractivity contribution in [2.45, 2.75) is 6.92 Å². The van der Waals surface area contributed by atoms with Gasteiger partial charge in [-0.25, -0.2) is 4.98 Å². The summed E-state index contributed by atoms with van der Waals surface area (Å²) in [7, 11) is 0. The second-order valence-electron chi connectivity index (χ2n) is 5.85. The first-order valence-corrected chi connectivity index (χ1v) is 7.96. The zero-order chi connectivity index (χ0) is 17.2. The van der Waals surface area contributed by atoms with Crippen LogP contribution in [0.1, 0.15) is 15.9 Å². The molecule has 0 bridgehead atoms. The molecule has 0 aliphatic rings. The van der Waals surface area contributed by atoms with Gasteiger partial charge in [-0.2, -0.15) is 0 Å². The number of amides is 1. The van der Waals surface area contributed by atoms with Gasteiger partial charge in [-0.05, 0) is 55.0 Å². The number of aromatic nitrogens is 3. The van der Waals surface area contributed by atoms with Crippen LogP contribution in [-0.2, 0) is 0 Å². The third-order valence-electron chi connectivity index (χ3n) is 4.03. The van der Waals surface area contributed by atoms with Crippen LogP contribution in [0.5, 0.6) is 0 Å². The van der Waals surface area contributed by atoms with Gasteiger partial charge >= 0.3 is 0 Å². The molecule has 2 aromatic heterocycles. The minimum atomic E-state index is -0.161. The molecule has 4 rings (SSSR count). The number of carbonyl (C=O) groups excluding carboxylic acids is 1. The number of aryl methyl sites for hydroxylation is 1. The number of imidazole rings is 1. The largest absolute Gasteiger partial charge is 0.322 e. The maximum Gasteiger partial charge on any atom is 0.255 e. The third-order valence-corrected chi connectivity index (χ3v) is 4.03. The van der Waals surface area contributed by atoms with Gasteiger partial charge in [-0.15, -0.1) is 0 Å². The molecule has 0 radical (unpaired) electrons. The summed E-state index contributed by atoms with van der Waals surface area (Å²) in [5.41, 5.74) is 5.40. The van der Waals surface area contributed by atoms with Crippen molar-refractivity contribution in [1.29, 1.82) is 0 Å². The Balaban J connectivity index is 1.66. The first-order valence-electron chi connectivity index (χ1n) is 7.96. The Morgan fingerprint density at radius 2 is 1.88 bits per heavy atom. The van der Waals surface area contributed by atoms with E-state index in [-0.39, 0.29) is 5.91 Å². The number of nitrogens with zero attached hydrogens (tertiary/aromatic N) is 3. The normalized spacial score (nSPS) is 10.8. The van der Waals surface area contributed by atoms with Crippen LogP contribution in [0.15, 0.2) is 73.3 Å². The van der Waals surface area contributed by atoms with E-state index in [0.29, 0.717) is 5.56 Å². The average Bonchev–Trinajstić information content (AvgIpc) is 3.05. The van der Waals surface area contributed by atoms with Crippen LogP contribution >= 0.6 is 0 Å². The summed E-state index contributed by atoms with van der Waals surface area (Å²) >= 11 is 0. The van der Waals surface area contributed by atoms with Crippen molar-refractivity contribution < 1.29 is 4.79 Å². The van der Waals surface area contributed by atoms with Crippen molar-refractivity contribution in [1.82, 2.24) is 14.5 Å². The summed E-state index contributed by atoms with van der Waals surface area (Å²) in [5.74, 6) is -0.161. The van der Waals surface area contributed by atoms with E-state index in [9.17, 15) is 4.79 Å². The molecular weight excluding hydrogens is 312 g/mol. The monoisotopic (exact) mass is 328 g/mol. The second-order valence-corrected chi connectivity index (χ2v) is 5.85. The van der Waals surface area contributed by atoms with Gasteiger partial charge in [-0.3, -0.25) is 14.3 Å². The molecule has 1 amide bonds. The number of rotatable bonds is 3. The van der Waals surface area contributed by atoms with E-state index in [2.05, 4.69) is 33.5 Å². The minimum absolute atomic E-state index is 0.161. The van der Waals surface area contributed by atoms with Crippen LogP contribution in [-0.4, -0.2) is 20.4 Å². The lowest BCUT2D eigenvalue weighted by Gasteiger charge is -2.09. The van der Waals surface area contributed by atoms with Gasteiger partial charge in [-0.1, -0.05) is 12.1 Å². The molecule has 5 heteroatoms. The lowest BCUT2D eigenvalue weighted by Crippen LogP contribution is -2.12. The molecule has 0 aliphatic heterocycles. The van der Waals surface area contributed by atoms with Crippen LogP contribution in [0.3, 0.4) is 0 Å². The maximum absolute atomic E-state index is 12.3. The Morgan fingerprint density at radius 3 is 2.72 bits per heavy atom. The molecule has 2 heterocycles. The van der Waals surface area contributed by atoms with Crippen molar-refractivity contribution in [2.24, 2.45) is 0 Å². The first-order chi connectivity index (χ1) is 12.2. The molecule has 0 unspecified atom stereocenters. The summed E-state index contributed by atoms with van der Waals surface area (Å²) in [6.45, 7) is 2.05. The van der Waals surface area contributed by atoms with E-state index < -0.39 is 0 Å². The predicted octanol–water partition coefficient (Wildman–Crippen LogP) is 3.98. The Labute approximate surface area is 145 Å². The van der Waals surface area contributed by atoms with Crippen molar-refractivity contribution in [2.75, 3.05) is 5.32 Å². The van der Waals surface area contributed by atoms with Gasteiger partial charge < -0.3 is 5.32 Å². The van der Waals surface area contributed by atoms with E-state index >= 15 is 0 Å². The molecule has 0 saturated heterocycles. The van der Waals surface area contributed by atoms with Crippen LogP contribution in [0.2, 0.25) is 0 Å². The minimum Gasteiger partial charge on any atom is -0.322 e. The fraction of sp³-hybridized carbons (Fsp3) is 0.0500. The summed E-state index contributed by atoms with van der Waals surface area (Å²) in [6.07, 6.45) is 5.00. The van der Waals surface area contributed by atoms with Crippen molar-refractivity contribution in [3.05, 3.63) is 84.4 Å². The predicted molar refractivity (Wildman–Crippen MR) is 98.0 cm³/mol. The summed E-state index contributed by atoms with van der Waals surface area (Å²) in [6, 6.07) is 17.2. The van der Waals surface area contributed by atoms with Crippen LogP contribution < -0.4 is 5.32 Å². The average molecular weight is 328 g/mol. The highest BCUT2D eigenvalue weighted by molar-refractivity contribution is 6.04. The van der Waals surface area contributed by atoms with Crippen LogP contribution in [0.25, 0.3) is 16.7 Å². The molecule has 1 N–H and O–H groups in total. The van der Waals surface area contributed by atoms with Gasteiger partial charge in [0.1, 0.15) is 6.33 Å². The molecule has 5 nitrogen and oxygen atoms in total. The zero-order valence-corrected chi connectivity index (χ0v) is 13.7. The molecule has 0 aliphatic carbocycles. The van der Waals surface area contributed by atoms with E-state index in [0.717, 1.165) is 22.4 Å². The number of benzene rings is 2. The van der Waals surface area contributed by atoms with Crippen LogP contribution in [0.4, 0.5) is 5.69 Å². The molecule has 122 valence electrons. The number of nitrogens with one attached hydrogen (secondary N) is 1.